The SMILES string of the molecule is C1CCC(C2CCC3CC(C4CC(C5CCCCC5)CC(C5CC(C6CCCCC6)CC6C7CC8CCCCC8CC7CC56)C4)CCC3C2)CC1. The quantitative estimate of drug-likeness (QED) is 0.268. The maximum absolute atomic E-state index is 1.70. The van der Waals surface area contributed by atoms with Crippen LogP contribution in [0.1, 0.15) is 212 Å². The number of hydrogen-bond donors (Lipinski definition) is 0. The van der Waals surface area contributed by atoms with Crippen LogP contribution < -0.4 is 0 Å². The summed E-state index contributed by atoms with van der Waals surface area (Å²) in [6, 6.07) is 0. The molecule has 10 fully saturated rings. The molecule has 10 aliphatic carbocycles. The third kappa shape index (κ3) is 7.37. The monoisotopic (exact) mass is 697 g/mol. The first-order chi connectivity index (χ1) is 25.2. The molecule has 10 rings (SSSR count). The zero-order valence-corrected chi connectivity index (χ0v) is 33.7. The van der Waals surface area contributed by atoms with E-state index in [4.69, 9.17) is 0 Å². The van der Waals surface area contributed by atoms with E-state index in [1.807, 2.05) is 0 Å². The molecule has 51 heavy (non-hydrogen) atoms. The molecule has 0 heteroatoms. The Hall–Kier alpha value is 0. The molecule has 15 atom stereocenters. The second-order valence-corrected chi connectivity index (χ2v) is 23.0. The molecule has 10 aliphatic rings. The molecule has 0 radical (unpaired) electrons. The van der Waals surface area contributed by atoms with Crippen LogP contribution in [0.15, 0.2) is 0 Å². The lowest BCUT2D eigenvalue weighted by atomic mass is 9.53. The molecule has 10 saturated carbocycles. The summed E-state index contributed by atoms with van der Waals surface area (Å²) in [5.74, 6) is 20.2. The van der Waals surface area contributed by atoms with Crippen molar-refractivity contribution in [2.75, 3.05) is 0 Å². The first-order valence-corrected chi connectivity index (χ1v) is 25.2. The summed E-state index contributed by atoms with van der Waals surface area (Å²) in [5, 5.41) is 0. The Morgan fingerprint density at radius 1 is 0.137 bits per heavy atom. The Morgan fingerprint density at radius 3 is 0.922 bits per heavy atom. The van der Waals surface area contributed by atoms with E-state index in [1.165, 1.54) is 6.42 Å². The molecular weight excluding hydrogens is 613 g/mol. The van der Waals surface area contributed by atoms with Gasteiger partial charge in [0.25, 0.3) is 0 Å². The lowest BCUT2D eigenvalue weighted by Gasteiger charge is -2.53. The minimum atomic E-state index is 1.10. The molecule has 0 nitrogen and oxygen atoms in total. The Balaban J connectivity index is 0.884. The minimum Gasteiger partial charge on any atom is -0.0533 e. The molecule has 0 amide bonds. The van der Waals surface area contributed by atoms with Crippen molar-refractivity contribution < 1.29 is 0 Å². The lowest BCUT2D eigenvalue weighted by molar-refractivity contribution is -0.0277. The topological polar surface area (TPSA) is 0 Å². The van der Waals surface area contributed by atoms with Gasteiger partial charge in [-0.05, 0) is 196 Å². The van der Waals surface area contributed by atoms with Crippen molar-refractivity contribution in [2.24, 2.45) is 107 Å². The van der Waals surface area contributed by atoms with Crippen LogP contribution in [-0.4, -0.2) is 0 Å². The van der Waals surface area contributed by atoms with Gasteiger partial charge in [-0.1, -0.05) is 122 Å². The van der Waals surface area contributed by atoms with Crippen molar-refractivity contribution in [1.29, 1.82) is 0 Å². The first kappa shape index (κ1) is 35.4. The van der Waals surface area contributed by atoms with E-state index in [1.54, 1.807) is 205 Å². The Kier molecular flexibility index (Phi) is 11.0. The average molecular weight is 697 g/mol. The van der Waals surface area contributed by atoms with Gasteiger partial charge >= 0.3 is 0 Å². The fraction of sp³-hybridized carbons (Fsp3) is 1.00. The maximum Gasteiger partial charge on any atom is -0.0349 e. The highest BCUT2D eigenvalue weighted by Crippen LogP contribution is 2.64. The molecule has 0 heterocycles. The minimum absolute atomic E-state index is 1.10. The van der Waals surface area contributed by atoms with E-state index < -0.39 is 0 Å². The molecule has 288 valence electrons. The second kappa shape index (κ2) is 15.9. The van der Waals surface area contributed by atoms with Gasteiger partial charge in [0.1, 0.15) is 0 Å². The van der Waals surface area contributed by atoms with Gasteiger partial charge in [-0.3, -0.25) is 0 Å². The third-order valence-electron chi connectivity index (χ3n) is 21.0. The normalized spacial score (nSPS) is 50.5. The Bertz CT molecular complexity index is 1100. The molecule has 0 aliphatic heterocycles. The summed E-state index contributed by atoms with van der Waals surface area (Å²) in [7, 11) is 0. The van der Waals surface area contributed by atoms with Crippen molar-refractivity contribution in [1.82, 2.24) is 0 Å². The van der Waals surface area contributed by atoms with Crippen molar-refractivity contribution in [2.45, 2.75) is 212 Å². The van der Waals surface area contributed by atoms with Crippen molar-refractivity contribution in [3.63, 3.8) is 0 Å². The molecule has 0 aromatic carbocycles. The van der Waals surface area contributed by atoms with Crippen molar-refractivity contribution in [3.8, 4) is 0 Å². The lowest BCUT2D eigenvalue weighted by Crippen LogP contribution is -2.44. The highest BCUT2D eigenvalue weighted by Gasteiger charge is 2.56. The molecule has 0 aromatic rings. The van der Waals surface area contributed by atoms with Crippen molar-refractivity contribution in [3.05, 3.63) is 0 Å². The van der Waals surface area contributed by atoms with Crippen LogP contribution >= 0.6 is 0 Å². The van der Waals surface area contributed by atoms with Crippen LogP contribution in [0.25, 0.3) is 0 Å². The average Bonchev–Trinajstić information content (AvgIpc) is 3.57. The third-order valence-corrected chi connectivity index (χ3v) is 21.0. The zero-order valence-electron chi connectivity index (χ0n) is 33.7. The fourth-order valence-corrected chi connectivity index (χ4v) is 18.6. The van der Waals surface area contributed by atoms with Gasteiger partial charge in [-0.2, -0.15) is 0 Å². The molecule has 0 saturated heterocycles. The summed E-state index contributed by atoms with van der Waals surface area (Å²) >= 11 is 0. The van der Waals surface area contributed by atoms with E-state index in [0.717, 1.165) is 107 Å². The van der Waals surface area contributed by atoms with Gasteiger partial charge in [0.2, 0.25) is 0 Å². The summed E-state index contributed by atoms with van der Waals surface area (Å²) in [4.78, 5) is 0. The Labute approximate surface area is 317 Å². The van der Waals surface area contributed by atoms with Crippen LogP contribution in [0.4, 0.5) is 0 Å². The number of hydrogen-bond acceptors (Lipinski definition) is 0. The molecule has 0 N–H and O–H groups in total. The van der Waals surface area contributed by atoms with Crippen LogP contribution in [-0.2, 0) is 0 Å². The molecule has 15 unspecified atom stereocenters. The van der Waals surface area contributed by atoms with E-state index in [0.29, 0.717) is 0 Å². The first-order valence-electron chi connectivity index (χ1n) is 25.2. The summed E-state index contributed by atoms with van der Waals surface area (Å²) in [5.41, 5.74) is 0. The Morgan fingerprint density at radius 2 is 0.373 bits per heavy atom. The smallest absolute Gasteiger partial charge is 0.0349 e. The molecular formula is C51H84. The zero-order chi connectivity index (χ0) is 33.7. The largest absolute Gasteiger partial charge is 0.0533 e. The van der Waals surface area contributed by atoms with Gasteiger partial charge in [0.05, 0.1) is 0 Å². The van der Waals surface area contributed by atoms with Crippen LogP contribution in [0.5, 0.6) is 0 Å². The fourth-order valence-electron chi connectivity index (χ4n) is 18.6. The molecule has 0 aromatic heterocycles. The number of rotatable bonds is 5. The maximum atomic E-state index is 1.70. The summed E-state index contributed by atoms with van der Waals surface area (Å²) < 4.78 is 0. The van der Waals surface area contributed by atoms with Crippen LogP contribution in [0.2, 0.25) is 0 Å². The predicted molar refractivity (Wildman–Crippen MR) is 215 cm³/mol. The molecule has 0 spiro atoms. The van der Waals surface area contributed by atoms with Crippen LogP contribution in [0.3, 0.4) is 0 Å². The molecule has 0 bridgehead atoms. The standard InChI is InChI=1S/C51H84/c1-4-12-34(13-5-1)39-20-21-41-25-42(23-22-40(41)24-39)44-27-43(35-14-6-2-7-15-35)28-46(29-44)49-31-45(36-16-8-3-9-17-36)32-50-48-30-38-19-11-10-18-37(38)26-47(48)33-51(49)50/h34-51H,1-33H2. The van der Waals surface area contributed by atoms with E-state index >= 15 is 0 Å². The van der Waals surface area contributed by atoms with Gasteiger partial charge in [-0.25, -0.2) is 0 Å². The summed E-state index contributed by atoms with van der Waals surface area (Å²) in [6.07, 6.45) is 53.3. The summed E-state index contributed by atoms with van der Waals surface area (Å²) in [6.45, 7) is 0. The van der Waals surface area contributed by atoms with Gasteiger partial charge < -0.3 is 0 Å². The van der Waals surface area contributed by atoms with E-state index in [9.17, 15) is 0 Å². The van der Waals surface area contributed by atoms with Gasteiger partial charge in [0, 0.05) is 0 Å². The van der Waals surface area contributed by atoms with Crippen LogP contribution in [0, 0.1) is 107 Å². The second-order valence-electron chi connectivity index (χ2n) is 23.0. The highest BCUT2D eigenvalue weighted by atomic mass is 14.6. The highest BCUT2D eigenvalue weighted by molar-refractivity contribution is 5.05. The van der Waals surface area contributed by atoms with E-state index in [-0.39, 0.29) is 0 Å². The van der Waals surface area contributed by atoms with Gasteiger partial charge in [0.15, 0.2) is 0 Å². The van der Waals surface area contributed by atoms with E-state index in [2.05, 4.69) is 0 Å². The predicted octanol–water partition coefficient (Wildman–Crippen LogP) is 15.1. The van der Waals surface area contributed by atoms with Crippen molar-refractivity contribution >= 4 is 0 Å². The number of fused-ring (bicyclic) bond motifs is 5. The van der Waals surface area contributed by atoms with Gasteiger partial charge in [-0.15, -0.1) is 0 Å².